The Hall–Kier alpha value is -0.780. The second kappa shape index (κ2) is 6.78. The third-order valence-electron chi connectivity index (χ3n) is 2.96. The summed E-state index contributed by atoms with van der Waals surface area (Å²) < 4.78 is 14.8. The number of rotatable bonds is 5. The molecule has 108 valence electrons. The maximum atomic E-state index is 14.0. The van der Waals surface area contributed by atoms with Crippen LogP contribution < -0.4 is 5.32 Å². The smallest absolute Gasteiger partial charge is 0.134 e. The highest BCUT2D eigenvalue weighted by Gasteiger charge is 2.16. The van der Waals surface area contributed by atoms with E-state index in [1.165, 1.54) is 10.9 Å². The molecule has 0 radical (unpaired) electrons. The van der Waals surface area contributed by atoms with Gasteiger partial charge in [-0.25, -0.2) is 9.37 Å². The van der Waals surface area contributed by atoms with Gasteiger partial charge >= 0.3 is 0 Å². The summed E-state index contributed by atoms with van der Waals surface area (Å²) in [5, 5.41) is 4.14. The average molecular weight is 357 g/mol. The number of nitrogens with one attached hydrogen (secondary N) is 1. The lowest BCUT2D eigenvalue weighted by atomic mass is 10.2. The van der Waals surface area contributed by atoms with Crippen LogP contribution in [0.5, 0.6) is 0 Å². The largest absolute Gasteiger partial charge is 0.310 e. The van der Waals surface area contributed by atoms with E-state index in [1.807, 2.05) is 6.07 Å². The van der Waals surface area contributed by atoms with Crippen LogP contribution >= 0.6 is 27.3 Å². The zero-order chi connectivity index (χ0) is 14.7. The predicted molar refractivity (Wildman–Crippen MR) is 86.6 cm³/mol. The van der Waals surface area contributed by atoms with Crippen molar-refractivity contribution in [1.82, 2.24) is 10.3 Å². The fraction of sp³-hybridized carbons (Fsp3) is 0.400. The summed E-state index contributed by atoms with van der Waals surface area (Å²) in [5.41, 5.74) is 1.61. The Morgan fingerprint density at radius 3 is 2.75 bits per heavy atom. The van der Waals surface area contributed by atoms with Gasteiger partial charge in [0.15, 0.2) is 0 Å². The van der Waals surface area contributed by atoms with Crippen LogP contribution in [0.15, 0.2) is 22.7 Å². The molecule has 0 aliphatic carbocycles. The summed E-state index contributed by atoms with van der Waals surface area (Å²) in [6.07, 6.45) is 0.859. The number of nitrogens with zero attached hydrogens (tertiary/aromatic N) is 1. The van der Waals surface area contributed by atoms with Crippen molar-refractivity contribution in [3.8, 4) is 10.6 Å². The highest BCUT2D eigenvalue weighted by atomic mass is 79.9. The zero-order valence-electron chi connectivity index (χ0n) is 11.8. The first-order valence-electron chi connectivity index (χ1n) is 6.69. The molecule has 0 aliphatic rings. The summed E-state index contributed by atoms with van der Waals surface area (Å²) in [5.74, 6) is -0.237. The molecule has 2 nitrogen and oxygen atoms in total. The van der Waals surface area contributed by atoms with Crippen molar-refractivity contribution >= 4 is 27.3 Å². The van der Waals surface area contributed by atoms with E-state index in [2.05, 4.69) is 47.0 Å². The van der Waals surface area contributed by atoms with Gasteiger partial charge in [-0.1, -0.05) is 26.8 Å². The van der Waals surface area contributed by atoms with Crippen LogP contribution in [-0.4, -0.2) is 11.0 Å². The number of halogens is 2. The Morgan fingerprint density at radius 1 is 1.40 bits per heavy atom. The van der Waals surface area contributed by atoms with Crippen molar-refractivity contribution in [1.29, 1.82) is 0 Å². The molecule has 1 heterocycles. The number of thiazole rings is 1. The number of aromatic nitrogens is 1. The Balaban J connectivity index is 2.38. The molecule has 0 saturated heterocycles. The summed E-state index contributed by atoms with van der Waals surface area (Å²) in [4.78, 5) is 5.79. The van der Waals surface area contributed by atoms with Gasteiger partial charge in [0.05, 0.1) is 11.3 Å². The van der Waals surface area contributed by atoms with Crippen LogP contribution in [0.4, 0.5) is 4.39 Å². The van der Waals surface area contributed by atoms with Crippen molar-refractivity contribution in [2.24, 2.45) is 0 Å². The first kappa shape index (κ1) is 15.6. The second-order valence-electron chi connectivity index (χ2n) is 4.87. The molecule has 1 N–H and O–H groups in total. The van der Waals surface area contributed by atoms with Crippen LogP contribution in [0, 0.1) is 5.82 Å². The maximum Gasteiger partial charge on any atom is 0.134 e. The lowest BCUT2D eigenvalue weighted by Gasteiger charge is -2.06. The Kier molecular flexibility index (Phi) is 5.29. The summed E-state index contributed by atoms with van der Waals surface area (Å²) in [6, 6.07) is 5.43. The van der Waals surface area contributed by atoms with Crippen LogP contribution in [0.3, 0.4) is 0 Å². The van der Waals surface area contributed by atoms with Gasteiger partial charge in [0.1, 0.15) is 10.8 Å². The molecule has 0 bridgehead atoms. The number of benzene rings is 1. The number of hydrogen-bond acceptors (Lipinski definition) is 3. The van der Waals surface area contributed by atoms with Gasteiger partial charge in [0.2, 0.25) is 0 Å². The van der Waals surface area contributed by atoms with Crippen molar-refractivity contribution in [3.63, 3.8) is 0 Å². The third-order valence-corrected chi connectivity index (χ3v) is 4.74. The molecule has 0 amide bonds. The molecule has 0 spiro atoms. The van der Waals surface area contributed by atoms with E-state index in [4.69, 9.17) is 0 Å². The highest BCUT2D eigenvalue weighted by Crippen LogP contribution is 2.35. The minimum atomic E-state index is -0.237. The quantitative estimate of drug-likeness (QED) is 0.834. The molecular weight excluding hydrogens is 339 g/mol. The van der Waals surface area contributed by atoms with Gasteiger partial charge in [-0.05, 0) is 34.5 Å². The van der Waals surface area contributed by atoms with Crippen LogP contribution in [0.2, 0.25) is 0 Å². The second-order valence-corrected chi connectivity index (χ2v) is 6.81. The number of hydrogen-bond donors (Lipinski definition) is 1. The fourth-order valence-corrected chi connectivity index (χ4v) is 3.73. The molecule has 0 saturated carbocycles. The molecule has 5 heteroatoms. The predicted octanol–water partition coefficient (Wildman–Crippen LogP) is 4.77. The lowest BCUT2D eigenvalue weighted by molar-refractivity contribution is 0.590. The molecule has 0 aliphatic heterocycles. The normalized spacial score (nSPS) is 11.3. The summed E-state index contributed by atoms with van der Waals surface area (Å²) in [6.45, 7) is 7.08. The van der Waals surface area contributed by atoms with E-state index in [0.29, 0.717) is 11.6 Å². The SMILES string of the molecule is CCc1nc(-c2c(F)cccc2Br)sc1CNC(C)C. The standard InChI is InChI=1S/C15H18BrFN2S/c1-4-12-13(8-18-9(2)3)20-15(19-12)14-10(16)6-5-7-11(14)17/h5-7,9,18H,4,8H2,1-3H3. The summed E-state index contributed by atoms with van der Waals surface area (Å²) >= 11 is 4.98. The minimum Gasteiger partial charge on any atom is -0.310 e. The van der Waals surface area contributed by atoms with E-state index < -0.39 is 0 Å². The van der Waals surface area contributed by atoms with Gasteiger partial charge < -0.3 is 5.32 Å². The van der Waals surface area contributed by atoms with E-state index in [0.717, 1.165) is 28.1 Å². The van der Waals surface area contributed by atoms with E-state index in [-0.39, 0.29) is 5.82 Å². The van der Waals surface area contributed by atoms with Crippen LogP contribution in [0.1, 0.15) is 31.3 Å². The van der Waals surface area contributed by atoms with Crippen molar-refractivity contribution in [3.05, 3.63) is 39.1 Å². The van der Waals surface area contributed by atoms with Gasteiger partial charge in [-0.3, -0.25) is 0 Å². The Labute approximate surface area is 131 Å². The van der Waals surface area contributed by atoms with Crippen LogP contribution in [-0.2, 0) is 13.0 Å². The van der Waals surface area contributed by atoms with Crippen molar-refractivity contribution in [2.75, 3.05) is 0 Å². The molecule has 1 aromatic carbocycles. The Morgan fingerprint density at radius 2 is 2.15 bits per heavy atom. The molecule has 2 aromatic rings. The van der Waals surface area contributed by atoms with Gasteiger partial charge in [-0.2, -0.15) is 0 Å². The van der Waals surface area contributed by atoms with Gasteiger partial charge in [0, 0.05) is 21.9 Å². The minimum absolute atomic E-state index is 0.237. The first-order chi connectivity index (χ1) is 9.52. The van der Waals surface area contributed by atoms with Crippen molar-refractivity contribution < 1.29 is 4.39 Å². The van der Waals surface area contributed by atoms with E-state index >= 15 is 0 Å². The monoisotopic (exact) mass is 356 g/mol. The van der Waals surface area contributed by atoms with E-state index in [1.54, 1.807) is 17.4 Å². The lowest BCUT2D eigenvalue weighted by Crippen LogP contribution is -2.21. The fourth-order valence-electron chi connectivity index (χ4n) is 1.90. The molecular formula is C15H18BrFN2S. The van der Waals surface area contributed by atoms with Crippen LogP contribution in [0.25, 0.3) is 10.6 Å². The molecule has 2 rings (SSSR count). The van der Waals surface area contributed by atoms with Gasteiger partial charge in [-0.15, -0.1) is 11.3 Å². The third kappa shape index (κ3) is 3.45. The van der Waals surface area contributed by atoms with E-state index in [9.17, 15) is 4.39 Å². The molecule has 0 fully saturated rings. The first-order valence-corrected chi connectivity index (χ1v) is 8.30. The molecule has 1 aromatic heterocycles. The molecule has 0 atom stereocenters. The molecule has 0 unspecified atom stereocenters. The highest BCUT2D eigenvalue weighted by molar-refractivity contribution is 9.10. The topological polar surface area (TPSA) is 24.9 Å². The molecule has 20 heavy (non-hydrogen) atoms. The maximum absolute atomic E-state index is 14.0. The van der Waals surface area contributed by atoms with Gasteiger partial charge in [0.25, 0.3) is 0 Å². The average Bonchev–Trinajstić information content (AvgIpc) is 2.79. The Bertz CT molecular complexity index is 575. The zero-order valence-corrected chi connectivity index (χ0v) is 14.2. The summed E-state index contributed by atoms with van der Waals surface area (Å²) in [7, 11) is 0. The van der Waals surface area contributed by atoms with Crippen molar-refractivity contribution in [2.45, 2.75) is 39.8 Å². The number of aryl methyl sites for hydroxylation is 1.